The Kier molecular flexibility index (Phi) is 1.67. The SMILES string of the molecule is [N-]=[N+]=C1C=C(N)C=CC1O. The molecule has 0 aromatic rings. The summed E-state index contributed by atoms with van der Waals surface area (Å²) in [4.78, 5) is 2.84. The smallest absolute Gasteiger partial charge is 0.326 e. The third kappa shape index (κ3) is 1.13. The van der Waals surface area contributed by atoms with E-state index in [2.05, 4.69) is 4.79 Å². The highest BCUT2D eigenvalue weighted by molar-refractivity contribution is 5.97. The van der Waals surface area contributed by atoms with E-state index in [9.17, 15) is 0 Å². The van der Waals surface area contributed by atoms with Crippen molar-refractivity contribution < 1.29 is 9.90 Å². The quantitative estimate of drug-likeness (QED) is 0.346. The van der Waals surface area contributed by atoms with Gasteiger partial charge in [-0.1, -0.05) is 0 Å². The molecule has 1 rings (SSSR count). The Morgan fingerprint density at radius 3 is 2.90 bits per heavy atom. The van der Waals surface area contributed by atoms with E-state index in [0.29, 0.717) is 5.70 Å². The van der Waals surface area contributed by atoms with E-state index in [0.717, 1.165) is 0 Å². The molecule has 0 bridgehead atoms. The van der Waals surface area contributed by atoms with Crippen LogP contribution < -0.4 is 5.73 Å². The zero-order valence-electron chi connectivity index (χ0n) is 5.23. The third-order valence-corrected chi connectivity index (χ3v) is 1.20. The highest BCUT2D eigenvalue weighted by Gasteiger charge is 2.18. The summed E-state index contributed by atoms with van der Waals surface area (Å²) in [6.45, 7) is 0. The Morgan fingerprint density at radius 2 is 2.40 bits per heavy atom. The molecular weight excluding hydrogens is 130 g/mol. The van der Waals surface area contributed by atoms with Gasteiger partial charge in [0.1, 0.15) is 0 Å². The topological polar surface area (TPSA) is 82.7 Å². The molecule has 0 aliphatic heterocycles. The summed E-state index contributed by atoms with van der Waals surface area (Å²) in [6, 6.07) is 0. The second-order valence-corrected chi connectivity index (χ2v) is 1.97. The molecule has 0 amide bonds. The molecule has 0 spiro atoms. The highest BCUT2D eigenvalue weighted by atomic mass is 16.3. The molecule has 0 saturated carbocycles. The average molecular weight is 137 g/mol. The van der Waals surface area contributed by atoms with Crippen LogP contribution in [0.5, 0.6) is 0 Å². The lowest BCUT2D eigenvalue weighted by atomic mass is 10.1. The highest BCUT2D eigenvalue weighted by Crippen LogP contribution is 2.01. The van der Waals surface area contributed by atoms with E-state index >= 15 is 0 Å². The Bertz CT molecular complexity index is 248. The van der Waals surface area contributed by atoms with Crippen molar-refractivity contribution in [2.45, 2.75) is 6.10 Å². The summed E-state index contributed by atoms with van der Waals surface area (Å²) in [5.41, 5.74) is 14.2. The molecule has 10 heavy (non-hydrogen) atoms. The maximum absolute atomic E-state index is 9.01. The first-order valence-corrected chi connectivity index (χ1v) is 2.79. The fraction of sp³-hybridized carbons (Fsp3) is 0.167. The van der Waals surface area contributed by atoms with Gasteiger partial charge in [-0.2, -0.15) is 4.79 Å². The molecule has 1 atom stereocenters. The van der Waals surface area contributed by atoms with Crippen LogP contribution >= 0.6 is 0 Å². The molecule has 1 aliphatic carbocycles. The summed E-state index contributed by atoms with van der Waals surface area (Å²) < 4.78 is 0. The van der Waals surface area contributed by atoms with E-state index in [-0.39, 0.29) is 5.71 Å². The van der Waals surface area contributed by atoms with Crippen molar-refractivity contribution in [3.63, 3.8) is 0 Å². The zero-order valence-corrected chi connectivity index (χ0v) is 5.23. The van der Waals surface area contributed by atoms with Gasteiger partial charge < -0.3 is 16.4 Å². The number of aliphatic hydroxyl groups is 1. The first-order valence-electron chi connectivity index (χ1n) is 2.79. The summed E-state index contributed by atoms with van der Waals surface area (Å²) in [7, 11) is 0. The normalized spacial score (nSPS) is 23.9. The van der Waals surface area contributed by atoms with Gasteiger partial charge >= 0.3 is 5.71 Å². The van der Waals surface area contributed by atoms with Crippen molar-refractivity contribution in [3.8, 4) is 0 Å². The van der Waals surface area contributed by atoms with E-state index in [1.807, 2.05) is 0 Å². The van der Waals surface area contributed by atoms with E-state index < -0.39 is 6.10 Å². The van der Waals surface area contributed by atoms with Gasteiger partial charge in [-0.05, 0) is 12.2 Å². The Balaban J connectivity index is 2.98. The molecule has 52 valence electrons. The number of aliphatic hydroxyl groups excluding tert-OH is 1. The van der Waals surface area contributed by atoms with Crippen LogP contribution in [0.25, 0.3) is 5.53 Å². The molecule has 0 fully saturated rings. The van der Waals surface area contributed by atoms with Gasteiger partial charge in [0.2, 0.25) is 0 Å². The second-order valence-electron chi connectivity index (χ2n) is 1.97. The summed E-state index contributed by atoms with van der Waals surface area (Å²) in [5, 5.41) is 9.01. The molecule has 0 radical (unpaired) electrons. The van der Waals surface area contributed by atoms with Crippen LogP contribution in [0.2, 0.25) is 0 Å². The standard InChI is InChI=1S/C6H7N3O/c7-4-1-2-6(10)5(3-4)9-8/h1-3,6,10H,7H2. The van der Waals surface area contributed by atoms with Crippen LogP contribution in [0.3, 0.4) is 0 Å². The van der Waals surface area contributed by atoms with Crippen LogP contribution in [0, 0.1) is 0 Å². The number of hydrogen-bond acceptors (Lipinski definition) is 2. The monoisotopic (exact) mass is 137 g/mol. The Labute approximate surface area is 57.9 Å². The fourth-order valence-corrected chi connectivity index (χ4v) is 0.693. The largest absolute Gasteiger partial charge is 0.399 e. The molecule has 1 aliphatic rings. The van der Waals surface area contributed by atoms with Crippen molar-refractivity contribution in [1.82, 2.24) is 0 Å². The number of rotatable bonds is 0. The fourth-order valence-electron chi connectivity index (χ4n) is 0.693. The summed E-state index contributed by atoms with van der Waals surface area (Å²) in [6.07, 6.45) is 3.58. The van der Waals surface area contributed by atoms with Gasteiger partial charge in [0, 0.05) is 11.8 Å². The zero-order chi connectivity index (χ0) is 7.56. The minimum atomic E-state index is -0.836. The lowest BCUT2D eigenvalue weighted by Crippen LogP contribution is -2.21. The maximum atomic E-state index is 9.01. The Morgan fingerprint density at radius 1 is 1.70 bits per heavy atom. The van der Waals surface area contributed by atoms with Gasteiger partial charge in [-0.3, -0.25) is 0 Å². The maximum Gasteiger partial charge on any atom is 0.326 e. The molecule has 0 aromatic carbocycles. The van der Waals surface area contributed by atoms with Crippen molar-refractivity contribution >= 4 is 5.71 Å². The van der Waals surface area contributed by atoms with Gasteiger partial charge in [-0.15, -0.1) is 0 Å². The number of hydrogen-bond donors (Lipinski definition) is 2. The average Bonchev–Trinajstić information content (AvgIpc) is 1.94. The van der Waals surface area contributed by atoms with Gasteiger partial charge in [0.15, 0.2) is 6.10 Å². The number of nitrogens with two attached hydrogens (primary N) is 1. The molecule has 0 heterocycles. The minimum Gasteiger partial charge on any atom is -0.399 e. The molecule has 4 heteroatoms. The summed E-state index contributed by atoms with van der Waals surface area (Å²) in [5.74, 6) is 0. The van der Waals surface area contributed by atoms with Gasteiger partial charge in [-0.25, -0.2) is 0 Å². The van der Waals surface area contributed by atoms with Gasteiger partial charge in [0.25, 0.3) is 0 Å². The first-order chi connectivity index (χ1) is 4.74. The summed E-state index contributed by atoms with van der Waals surface area (Å²) >= 11 is 0. The minimum absolute atomic E-state index is 0.167. The lowest BCUT2D eigenvalue weighted by Gasteiger charge is -2.01. The van der Waals surface area contributed by atoms with E-state index in [1.165, 1.54) is 12.2 Å². The van der Waals surface area contributed by atoms with Crippen molar-refractivity contribution in [2.75, 3.05) is 0 Å². The third-order valence-electron chi connectivity index (χ3n) is 1.20. The molecular formula is C6H7N3O. The lowest BCUT2D eigenvalue weighted by molar-refractivity contribution is -0.0152. The number of allylic oxidation sites excluding steroid dienone is 1. The van der Waals surface area contributed by atoms with Crippen LogP contribution in [0.15, 0.2) is 23.9 Å². The molecule has 0 aromatic heterocycles. The Hall–Kier alpha value is -1.38. The van der Waals surface area contributed by atoms with Crippen LogP contribution in [-0.2, 0) is 0 Å². The predicted octanol–water partition coefficient (Wildman–Crippen LogP) is -0.570. The molecule has 0 saturated heterocycles. The van der Waals surface area contributed by atoms with E-state index in [4.69, 9.17) is 16.4 Å². The van der Waals surface area contributed by atoms with Crippen molar-refractivity contribution in [2.24, 2.45) is 5.73 Å². The predicted molar refractivity (Wildman–Crippen MR) is 36.0 cm³/mol. The van der Waals surface area contributed by atoms with Crippen LogP contribution in [-0.4, -0.2) is 21.7 Å². The van der Waals surface area contributed by atoms with Crippen LogP contribution in [0.4, 0.5) is 0 Å². The van der Waals surface area contributed by atoms with Gasteiger partial charge in [0.05, 0.1) is 0 Å². The van der Waals surface area contributed by atoms with Crippen LogP contribution in [0.1, 0.15) is 0 Å². The van der Waals surface area contributed by atoms with Crippen molar-refractivity contribution in [1.29, 1.82) is 0 Å². The van der Waals surface area contributed by atoms with E-state index in [1.54, 1.807) is 6.08 Å². The molecule has 4 nitrogen and oxygen atoms in total. The molecule has 1 unspecified atom stereocenters. The number of nitrogens with zero attached hydrogens (tertiary/aromatic N) is 2. The second kappa shape index (κ2) is 2.47. The first kappa shape index (κ1) is 6.74. The van der Waals surface area contributed by atoms with Crippen molar-refractivity contribution in [3.05, 3.63) is 29.5 Å². The molecule has 3 N–H and O–H groups in total.